The van der Waals surface area contributed by atoms with Gasteiger partial charge in [0.05, 0.1) is 113 Å². The van der Waals surface area contributed by atoms with Crippen LogP contribution < -0.4 is 52.6 Å². The summed E-state index contributed by atoms with van der Waals surface area (Å²) in [5, 5.41) is 145. The molecule has 118 heavy (non-hydrogen) atoms. The lowest BCUT2D eigenvalue weighted by atomic mass is 9.97. The van der Waals surface area contributed by atoms with Crippen molar-refractivity contribution >= 4 is 65.0 Å². The van der Waals surface area contributed by atoms with Crippen LogP contribution in [0.2, 0.25) is 0 Å². The molecule has 4 aliphatic heterocycles. The largest absolute Gasteiger partial charge is 0.497 e. The van der Waals surface area contributed by atoms with Crippen LogP contribution >= 0.6 is 0 Å². The highest BCUT2D eigenvalue weighted by Gasteiger charge is 2.49. The van der Waals surface area contributed by atoms with E-state index in [1.807, 2.05) is 0 Å². The van der Waals surface area contributed by atoms with Crippen molar-refractivity contribution in [3.63, 3.8) is 0 Å². The second-order valence-electron chi connectivity index (χ2n) is 27.1. The summed E-state index contributed by atoms with van der Waals surface area (Å²) in [6, 6.07) is -1.22. The average Bonchev–Trinajstić information content (AvgIpc) is 0.831. The topological polar surface area (TPSA) is 675 Å². The Kier molecular flexibility index (Phi) is 45.9. The molecule has 0 aromatic heterocycles. The summed E-state index contributed by atoms with van der Waals surface area (Å²) in [5.41, 5.74) is -0.0384. The molecule has 672 valence electrons. The third kappa shape index (κ3) is 34.0. The molecule has 0 saturated carbocycles. The highest BCUT2D eigenvalue weighted by molar-refractivity contribution is 5.99. The molecule has 4 heterocycles. The second-order valence-corrected chi connectivity index (χ2v) is 27.1. The van der Waals surface area contributed by atoms with Gasteiger partial charge in [0.15, 0.2) is 25.2 Å². The summed E-state index contributed by atoms with van der Waals surface area (Å²) in [6.45, 7) is -5.13. The summed E-state index contributed by atoms with van der Waals surface area (Å²) in [6.07, 6.45) is -24.4. The van der Waals surface area contributed by atoms with Crippen LogP contribution in [0.1, 0.15) is 50.9 Å². The van der Waals surface area contributed by atoms with Crippen LogP contribution in [0.25, 0.3) is 0 Å². The smallest absolute Gasteiger partial charge is 0.251 e. The zero-order valence-corrected chi connectivity index (χ0v) is 66.0. The number of hydrogen-bond acceptors (Lipinski definition) is 37. The van der Waals surface area contributed by atoms with Crippen molar-refractivity contribution < 1.29 is 180 Å². The Balaban J connectivity index is 1.30. The van der Waals surface area contributed by atoms with Crippen LogP contribution in [-0.4, -0.2) is 437 Å². The van der Waals surface area contributed by atoms with E-state index < -0.39 is 266 Å². The third-order valence-corrected chi connectivity index (χ3v) is 18.1. The number of nitrogens with one attached hydrogen (secondary N) is 9. The van der Waals surface area contributed by atoms with Crippen molar-refractivity contribution in [1.82, 2.24) is 57.7 Å². The summed E-state index contributed by atoms with van der Waals surface area (Å²) < 4.78 is 77.6. The second kappa shape index (κ2) is 53.8. The number of carbonyl (C=O) groups excluding carboxylic acids is 11. The van der Waals surface area contributed by atoms with Crippen molar-refractivity contribution in [1.29, 1.82) is 0 Å². The zero-order valence-electron chi connectivity index (χ0n) is 66.0. The lowest BCUT2D eigenvalue weighted by molar-refractivity contribution is -0.289. The van der Waals surface area contributed by atoms with E-state index in [1.54, 1.807) is 0 Å². The molecular weight excluding hydrogens is 1590 g/mol. The Hall–Kier alpha value is -7.81. The molecule has 4 aliphatic rings. The van der Waals surface area contributed by atoms with Crippen LogP contribution in [0, 0.1) is 0 Å². The van der Waals surface area contributed by atoms with Gasteiger partial charge in [-0.1, -0.05) is 0 Å². The number of methoxy groups -OCH3 is 1. The predicted molar refractivity (Wildman–Crippen MR) is 393 cm³/mol. The molecule has 48 heteroatoms. The fraction of sp³-hybridized carbons (Fsp3) is 0.757. The number of benzene rings is 1. The van der Waals surface area contributed by atoms with E-state index >= 15 is 4.79 Å². The van der Waals surface area contributed by atoms with Crippen LogP contribution in [0.15, 0.2) is 24.3 Å². The fourth-order valence-electron chi connectivity index (χ4n) is 12.1. The molecule has 21 unspecified atom stereocenters. The normalized spacial score (nSPS) is 27.1. The molecule has 0 aliphatic carbocycles. The molecule has 1 aromatic carbocycles. The Morgan fingerprint density at radius 1 is 0.390 bits per heavy atom. The van der Waals surface area contributed by atoms with Gasteiger partial charge in [0.2, 0.25) is 59.1 Å². The number of ether oxygens (including phenoxy) is 14. The molecule has 21 atom stereocenters. The molecule has 0 radical (unpaired) electrons. The van der Waals surface area contributed by atoms with E-state index in [9.17, 15) is 109 Å². The van der Waals surface area contributed by atoms with Gasteiger partial charge >= 0.3 is 0 Å². The molecule has 0 spiro atoms. The minimum absolute atomic E-state index is 0.0384. The van der Waals surface area contributed by atoms with E-state index in [1.165, 1.54) is 31.4 Å². The van der Waals surface area contributed by atoms with E-state index in [2.05, 4.69) is 47.9 Å². The van der Waals surface area contributed by atoms with Crippen molar-refractivity contribution in [2.24, 2.45) is 0 Å². The van der Waals surface area contributed by atoms with Crippen LogP contribution in [0.4, 0.5) is 0 Å². The minimum atomic E-state index is -1.79. The summed E-state index contributed by atoms with van der Waals surface area (Å²) in [4.78, 5) is 148. The lowest BCUT2D eigenvalue weighted by Gasteiger charge is -2.42. The maximum absolute atomic E-state index is 15.1. The lowest BCUT2D eigenvalue weighted by Crippen LogP contribution is -2.64. The van der Waals surface area contributed by atoms with E-state index in [4.69, 9.17) is 66.3 Å². The number of amides is 11. The average molecular weight is 1700 g/mol. The van der Waals surface area contributed by atoms with Gasteiger partial charge in [-0.2, -0.15) is 0 Å². The molecule has 11 amide bonds. The number of rotatable bonds is 53. The van der Waals surface area contributed by atoms with Gasteiger partial charge in [-0.25, -0.2) is 0 Å². The van der Waals surface area contributed by atoms with Crippen molar-refractivity contribution in [3.8, 4) is 5.75 Å². The van der Waals surface area contributed by atoms with Crippen molar-refractivity contribution in [3.05, 3.63) is 29.8 Å². The van der Waals surface area contributed by atoms with E-state index in [-0.39, 0.29) is 111 Å². The predicted octanol–water partition coefficient (Wildman–Crippen LogP) is -13.4. The number of nitrogens with zero attached hydrogens (tertiary/aromatic N) is 2. The highest BCUT2D eigenvalue weighted by Crippen LogP contribution is 2.27. The Morgan fingerprint density at radius 2 is 0.686 bits per heavy atom. The highest BCUT2D eigenvalue weighted by atomic mass is 16.8. The van der Waals surface area contributed by atoms with Crippen LogP contribution in [-0.2, 0) is 110 Å². The fourth-order valence-corrected chi connectivity index (χ4v) is 12.1. The first-order valence-corrected chi connectivity index (χ1v) is 37.9. The van der Waals surface area contributed by atoms with Gasteiger partial charge in [0, 0.05) is 65.9 Å². The maximum Gasteiger partial charge on any atom is 0.251 e. The Labute approximate surface area is 677 Å². The van der Waals surface area contributed by atoms with Crippen molar-refractivity contribution in [2.75, 3.05) is 172 Å². The van der Waals surface area contributed by atoms with Gasteiger partial charge in [0.1, 0.15) is 142 Å². The first kappa shape index (κ1) is 101. The van der Waals surface area contributed by atoms with E-state index in [0.717, 1.165) is 37.5 Å². The van der Waals surface area contributed by atoms with Crippen LogP contribution in [0.3, 0.4) is 0 Å². The van der Waals surface area contributed by atoms with Gasteiger partial charge in [-0.15, -0.1) is 0 Å². The molecule has 4 fully saturated rings. The van der Waals surface area contributed by atoms with E-state index in [0.29, 0.717) is 5.75 Å². The van der Waals surface area contributed by atoms with Crippen LogP contribution in [0.5, 0.6) is 5.75 Å². The first-order valence-electron chi connectivity index (χ1n) is 37.9. The SMILES string of the molecule is COc1ccc(C(=O)NC(CCC(=O)N(CC(=O)NCCOCCOCOC2OC(CO)C(O)C(O)C2NC(C)=O)CC(=O)NCCOCCOC2OC(CO)C(O)C(O)C2NC(C)=O)C(=O)N(CC(=O)NCCOCCOC2OC(CO)C(O)C(O)C2NC(C)=O)CC(=O)NCCOCCOC2OC(CO)C(O)C(O)C2NC(C)=O)cc1. The maximum atomic E-state index is 15.1. The Morgan fingerprint density at radius 3 is 0.992 bits per heavy atom. The van der Waals surface area contributed by atoms with Gasteiger partial charge in [-0.05, 0) is 30.7 Å². The quantitative estimate of drug-likeness (QED) is 0.0213. The number of hydrogen-bond donors (Lipinski definition) is 21. The third-order valence-electron chi connectivity index (χ3n) is 18.1. The summed E-state index contributed by atoms with van der Waals surface area (Å²) in [5.74, 6) is -8.46. The molecular formula is C70H115N11O37. The van der Waals surface area contributed by atoms with Gasteiger partial charge in [0.25, 0.3) is 5.91 Å². The molecule has 1 aromatic rings. The minimum Gasteiger partial charge on any atom is -0.497 e. The number of aliphatic hydroxyl groups is 12. The molecule has 4 saturated heterocycles. The number of aliphatic hydroxyl groups excluding tert-OH is 12. The Bertz CT molecular complexity index is 3180. The monoisotopic (exact) mass is 1700 g/mol. The van der Waals surface area contributed by atoms with Gasteiger partial charge < -0.3 is 185 Å². The summed E-state index contributed by atoms with van der Waals surface area (Å²) >= 11 is 0. The van der Waals surface area contributed by atoms with Crippen molar-refractivity contribution in [2.45, 2.75) is 169 Å². The molecule has 0 bridgehead atoms. The standard InChI is InChI=1S/C70H115N11O37/c1-37(86)75-53-61(99)57(95)44(32-82)115-67(53)111-25-22-107-17-13-72-49(91)29-80(28-48(90)71-12-16-106-20-21-110-36-114-70-56(78-40(4)89)64(102)60(98)47(35-85)118-70)52(94)11-10-43(79-65(103)41-6-8-42(105-5)9-7-41)66(104)81(30-50(92)73-14-18-108-23-26-112-68-54(76-38(2)87)62(100)58(96)45(33-83)116-68)31-51(93)74-15-19-109-24-27-113-69-55(77-39(3)88)63(101)59(97)46(34-84)117-69/h6-9,43-47,53-64,67-70,82-85,95-102H,10-36H2,1-5H3,(H,71,90)(H,72,91)(H,73,92)(H,74,93)(H,75,86)(H,76,87)(H,77,88)(H,78,89)(H,79,103). The summed E-state index contributed by atoms with van der Waals surface area (Å²) in [7, 11) is 1.37. The molecule has 48 nitrogen and oxygen atoms in total. The number of carbonyl (C=O) groups is 11. The molecule has 5 rings (SSSR count). The van der Waals surface area contributed by atoms with Gasteiger partial charge in [-0.3, -0.25) is 52.7 Å². The zero-order chi connectivity index (χ0) is 87.0. The molecule has 21 N–H and O–H groups in total. The first-order chi connectivity index (χ1) is 56.4.